The lowest BCUT2D eigenvalue weighted by atomic mass is 9.83. The van der Waals surface area contributed by atoms with Gasteiger partial charge in [0.1, 0.15) is 11.6 Å². The van der Waals surface area contributed by atoms with Gasteiger partial charge in [-0.1, -0.05) is 25.7 Å². The molecule has 5 atom stereocenters. The summed E-state index contributed by atoms with van der Waals surface area (Å²) in [5, 5.41) is 19.4. The highest BCUT2D eigenvalue weighted by atomic mass is 28.3. The molecule has 5 heteroatoms. The molecular formula is C14H20N4Si. The Morgan fingerprint density at radius 3 is 2.47 bits per heavy atom. The highest BCUT2D eigenvalue weighted by Gasteiger charge is 2.89. The summed E-state index contributed by atoms with van der Waals surface area (Å²) in [6, 6.07) is 6.02. The average Bonchev–Trinajstić information content (AvgIpc) is 2.62. The summed E-state index contributed by atoms with van der Waals surface area (Å²) in [6.07, 6.45) is 0.804. The Morgan fingerprint density at radius 1 is 1.37 bits per heavy atom. The molecule has 0 amide bonds. The number of hydrogen-bond donors (Lipinski definition) is 0. The Labute approximate surface area is 115 Å². The van der Waals surface area contributed by atoms with Crippen LogP contribution < -0.4 is 0 Å². The van der Waals surface area contributed by atoms with Gasteiger partial charge in [0.25, 0.3) is 0 Å². The van der Waals surface area contributed by atoms with E-state index in [-0.39, 0.29) is 11.5 Å². The predicted molar refractivity (Wildman–Crippen MR) is 76.3 cm³/mol. The van der Waals surface area contributed by atoms with E-state index < -0.39 is 19.3 Å². The zero-order valence-corrected chi connectivity index (χ0v) is 13.3. The number of nitrogens with zero attached hydrogens (tertiary/aromatic N) is 4. The molecule has 3 aliphatic rings. The lowest BCUT2D eigenvalue weighted by molar-refractivity contribution is 0.258. The van der Waals surface area contributed by atoms with Gasteiger partial charge in [0, 0.05) is 19.7 Å². The van der Waals surface area contributed by atoms with E-state index in [1.807, 2.05) is 6.92 Å². The number of fused-ring (bicyclic) bond motifs is 1. The van der Waals surface area contributed by atoms with Gasteiger partial charge >= 0.3 is 0 Å². The molecule has 2 saturated heterocycles. The molecule has 3 rings (SSSR count). The SMILES string of the molecule is CC1=N[C@]2(C#N)C(C[Si](C)(C)C)CC3(C#N)N2C13C. The van der Waals surface area contributed by atoms with Crippen LogP contribution in [0.25, 0.3) is 0 Å². The number of nitriles is 2. The van der Waals surface area contributed by atoms with Crippen LogP contribution >= 0.6 is 0 Å². The molecule has 0 aromatic heterocycles. The van der Waals surface area contributed by atoms with Crippen LogP contribution in [0.5, 0.6) is 0 Å². The Kier molecular flexibility index (Phi) is 2.10. The van der Waals surface area contributed by atoms with Gasteiger partial charge < -0.3 is 0 Å². The second kappa shape index (κ2) is 3.11. The standard InChI is InChI=1S/C14H20N4Si/c1-10-12(2)13(8-15)6-11(7-19(3,4)5)14(9-16,17-10)18(12)13/h11H,6-7H2,1-5H3/t11?,12?,13?,14-,18?/m0/s1. The van der Waals surface area contributed by atoms with E-state index in [0.29, 0.717) is 0 Å². The summed E-state index contributed by atoms with van der Waals surface area (Å²) in [4.78, 5) is 6.80. The van der Waals surface area contributed by atoms with E-state index in [1.54, 1.807) is 0 Å². The Hall–Kier alpha value is -1.17. The van der Waals surface area contributed by atoms with Crippen LogP contribution in [0.2, 0.25) is 25.7 Å². The molecule has 3 aliphatic heterocycles. The van der Waals surface area contributed by atoms with Crippen molar-refractivity contribution in [3.63, 3.8) is 0 Å². The van der Waals surface area contributed by atoms with Crippen molar-refractivity contribution in [1.29, 1.82) is 10.5 Å². The molecule has 0 aromatic rings. The minimum Gasteiger partial charge on any atom is -0.255 e. The molecule has 0 aliphatic carbocycles. The van der Waals surface area contributed by atoms with Crippen LogP contribution in [-0.2, 0) is 0 Å². The third kappa shape index (κ3) is 1.15. The highest BCUT2D eigenvalue weighted by molar-refractivity contribution is 6.76. The van der Waals surface area contributed by atoms with Crippen molar-refractivity contribution in [2.24, 2.45) is 10.9 Å². The average molecular weight is 272 g/mol. The fourth-order valence-electron chi connectivity index (χ4n) is 4.42. The summed E-state index contributed by atoms with van der Waals surface area (Å²) in [5.41, 5.74) is -0.532. The topological polar surface area (TPSA) is 62.9 Å². The van der Waals surface area contributed by atoms with Gasteiger partial charge in [-0.25, -0.2) is 4.90 Å². The summed E-state index contributed by atoms with van der Waals surface area (Å²) < 4.78 is 0. The quantitative estimate of drug-likeness (QED) is 0.572. The maximum absolute atomic E-state index is 9.76. The minimum absolute atomic E-state index is 0.217. The van der Waals surface area contributed by atoms with Gasteiger partial charge in [0.2, 0.25) is 5.66 Å². The fourth-order valence-corrected chi connectivity index (χ4v) is 6.33. The van der Waals surface area contributed by atoms with Crippen molar-refractivity contribution < 1.29 is 0 Å². The first-order valence-corrected chi connectivity index (χ1v) is 10.6. The molecule has 0 aromatic carbocycles. The predicted octanol–water partition coefficient (Wildman–Crippen LogP) is 2.38. The summed E-state index contributed by atoms with van der Waals surface area (Å²) >= 11 is 0. The number of piperidine rings is 1. The third-order valence-corrected chi connectivity index (χ3v) is 7.00. The molecule has 4 unspecified atom stereocenters. The second-order valence-corrected chi connectivity index (χ2v) is 13.1. The molecular weight excluding hydrogens is 252 g/mol. The molecule has 2 fully saturated rings. The molecule has 0 spiro atoms. The zero-order chi connectivity index (χ0) is 14.3. The van der Waals surface area contributed by atoms with E-state index in [4.69, 9.17) is 4.99 Å². The molecule has 0 saturated carbocycles. The van der Waals surface area contributed by atoms with Crippen LogP contribution in [0.15, 0.2) is 4.99 Å². The van der Waals surface area contributed by atoms with E-state index in [1.165, 1.54) is 0 Å². The van der Waals surface area contributed by atoms with Crippen LogP contribution in [0, 0.1) is 28.6 Å². The van der Waals surface area contributed by atoms with Crippen LogP contribution in [0.3, 0.4) is 0 Å². The first kappa shape index (κ1) is 12.8. The lowest BCUT2D eigenvalue weighted by Crippen LogP contribution is -2.42. The maximum atomic E-state index is 9.76. The van der Waals surface area contributed by atoms with Crippen molar-refractivity contribution in [3.05, 3.63) is 0 Å². The summed E-state index contributed by atoms with van der Waals surface area (Å²) in [5.74, 6) is 0.217. The van der Waals surface area contributed by atoms with Crippen LogP contribution in [-0.4, -0.2) is 35.4 Å². The molecule has 0 N–H and O–H groups in total. The van der Waals surface area contributed by atoms with Crippen molar-refractivity contribution >= 4 is 13.8 Å². The van der Waals surface area contributed by atoms with Crippen molar-refractivity contribution in [2.45, 2.75) is 62.7 Å². The van der Waals surface area contributed by atoms with E-state index in [9.17, 15) is 10.5 Å². The van der Waals surface area contributed by atoms with Gasteiger partial charge in [-0.3, -0.25) is 4.99 Å². The number of rotatable bonds is 2. The van der Waals surface area contributed by atoms with Crippen molar-refractivity contribution in [3.8, 4) is 12.1 Å². The van der Waals surface area contributed by atoms with E-state index in [0.717, 1.165) is 18.2 Å². The van der Waals surface area contributed by atoms with Gasteiger partial charge in [-0.2, -0.15) is 10.5 Å². The Bertz CT molecular complexity index is 578. The first-order chi connectivity index (χ1) is 8.68. The van der Waals surface area contributed by atoms with Gasteiger partial charge in [0.15, 0.2) is 0 Å². The van der Waals surface area contributed by atoms with Crippen molar-refractivity contribution in [2.75, 3.05) is 0 Å². The van der Waals surface area contributed by atoms with Crippen LogP contribution in [0.4, 0.5) is 0 Å². The Morgan fingerprint density at radius 2 is 2.00 bits per heavy atom. The lowest BCUT2D eigenvalue weighted by Gasteiger charge is -2.30. The van der Waals surface area contributed by atoms with Gasteiger partial charge in [-0.05, 0) is 20.3 Å². The molecule has 3 heterocycles. The van der Waals surface area contributed by atoms with Crippen molar-refractivity contribution in [1.82, 2.24) is 4.90 Å². The highest BCUT2D eigenvalue weighted by Crippen LogP contribution is 2.71. The van der Waals surface area contributed by atoms with Gasteiger partial charge in [0.05, 0.1) is 11.6 Å². The zero-order valence-electron chi connectivity index (χ0n) is 12.3. The molecule has 0 bridgehead atoms. The minimum atomic E-state index is -1.28. The van der Waals surface area contributed by atoms with E-state index in [2.05, 4.69) is 43.6 Å². The largest absolute Gasteiger partial charge is 0.255 e. The maximum Gasteiger partial charge on any atom is 0.205 e. The molecule has 100 valence electrons. The fraction of sp³-hybridized carbons (Fsp3) is 0.786. The van der Waals surface area contributed by atoms with Crippen LogP contribution in [0.1, 0.15) is 20.3 Å². The van der Waals surface area contributed by atoms with E-state index >= 15 is 0 Å². The summed E-state index contributed by atoms with van der Waals surface area (Å²) in [6.45, 7) is 11.0. The smallest absolute Gasteiger partial charge is 0.205 e. The third-order valence-electron chi connectivity index (χ3n) is 5.29. The number of aliphatic imine (C=N–C) groups is 1. The summed E-state index contributed by atoms with van der Waals surface area (Å²) in [7, 11) is -1.28. The molecule has 0 radical (unpaired) electrons. The molecule has 4 nitrogen and oxygen atoms in total. The monoisotopic (exact) mass is 272 g/mol. The number of hydrogen-bond acceptors (Lipinski definition) is 4. The van der Waals surface area contributed by atoms with Gasteiger partial charge in [-0.15, -0.1) is 0 Å². The normalized spacial score (nSPS) is 50.2. The molecule has 19 heavy (non-hydrogen) atoms. The second-order valence-electron chi connectivity index (χ2n) is 7.58. The first-order valence-electron chi connectivity index (χ1n) is 6.88. The Balaban J connectivity index is 2.08.